The molecule has 2 amide bonds. The van der Waals surface area contributed by atoms with E-state index in [4.69, 9.17) is 0 Å². The molecule has 34 heavy (non-hydrogen) atoms. The summed E-state index contributed by atoms with van der Waals surface area (Å²) in [5.74, 6) is -0.894. The Labute approximate surface area is 200 Å². The molecule has 178 valence electrons. The van der Waals surface area contributed by atoms with Gasteiger partial charge in [-0.2, -0.15) is 0 Å². The second-order valence-electron chi connectivity index (χ2n) is 8.38. The summed E-state index contributed by atoms with van der Waals surface area (Å²) in [7, 11) is -4.02. The van der Waals surface area contributed by atoms with Crippen LogP contribution in [0.2, 0.25) is 0 Å². The van der Waals surface area contributed by atoms with Gasteiger partial charge in [-0.1, -0.05) is 47.5 Å². The number of sulfonamides is 1. The molecule has 2 N–H and O–H groups in total. The van der Waals surface area contributed by atoms with Crippen LogP contribution in [0, 0.1) is 13.8 Å². The molecule has 0 saturated heterocycles. The third-order valence-corrected chi connectivity index (χ3v) is 6.87. The van der Waals surface area contributed by atoms with Crippen molar-refractivity contribution in [3.8, 4) is 0 Å². The standard InChI is InChI=1S/C26H29N3O4S/c1-18(2)27-26(31)23-7-5-6-8-24(23)28-25(30)17-29(21-13-9-19(3)10-14-21)34(32,33)22-15-11-20(4)12-16-22/h5-16,18H,17H2,1-4H3,(H,27,31)(H,28,30). The summed E-state index contributed by atoms with van der Waals surface area (Å²) in [6.45, 7) is 6.99. The van der Waals surface area contributed by atoms with Crippen LogP contribution in [0.4, 0.5) is 11.4 Å². The van der Waals surface area contributed by atoms with Crippen molar-refractivity contribution in [2.24, 2.45) is 0 Å². The monoisotopic (exact) mass is 479 g/mol. The van der Waals surface area contributed by atoms with Gasteiger partial charge in [0.1, 0.15) is 6.54 Å². The van der Waals surface area contributed by atoms with Crippen molar-refractivity contribution in [2.75, 3.05) is 16.2 Å². The first kappa shape index (κ1) is 25.0. The number of nitrogens with one attached hydrogen (secondary N) is 2. The van der Waals surface area contributed by atoms with E-state index in [-0.39, 0.29) is 16.8 Å². The van der Waals surface area contributed by atoms with Crippen LogP contribution >= 0.6 is 0 Å². The normalized spacial score (nSPS) is 11.2. The molecule has 0 spiro atoms. The van der Waals surface area contributed by atoms with Crippen molar-refractivity contribution in [1.29, 1.82) is 0 Å². The molecule has 0 unspecified atom stereocenters. The maximum Gasteiger partial charge on any atom is 0.264 e. The molecular formula is C26H29N3O4S. The Hall–Kier alpha value is -3.65. The number of carbonyl (C=O) groups is 2. The third-order valence-electron chi connectivity index (χ3n) is 5.08. The van der Waals surface area contributed by atoms with Crippen molar-refractivity contribution < 1.29 is 18.0 Å². The Bertz CT molecular complexity index is 1270. The van der Waals surface area contributed by atoms with E-state index in [2.05, 4.69) is 10.6 Å². The number of para-hydroxylation sites is 1. The molecule has 8 heteroatoms. The van der Waals surface area contributed by atoms with Crippen LogP contribution < -0.4 is 14.9 Å². The van der Waals surface area contributed by atoms with Crippen molar-refractivity contribution in [3.63, 3.8) is 0 Å². The van der Waals surface area contributed by atoms with Crippen LogP contribution in [-0.2, 0) is 14.8 Å². The third kappa shape index (κ3) is 6.02. The molecular weight excluding hydrogens is 450 g/mol. The van der Waals surface area contributed by atoms with Gasteiger partial charge in [-0.25, -0.2) is 8.42 Å². The number of benzene rings is 3. The summed E-state index contributed by atoms with van der Waals surface area (Å²) < 4.78 is 28.1. The first-order valence-electron chi connectivity index (χ1n) is 10.9. The molecule has 3 rings (SSSR count). The lowest BCUT2D eigenvalue weighted by molar-refractivity contribution is -0.114. The van der Waals surface area contributed by atoms with Crippen LogP contribution in [0.3, 0.4) is 0 Å². The number of rotatable bonds is 8. The van der Waals surface area contributed by atoms with Gasteiger partial charge in [0, 0.05) is 6.04 Å². The van der Waals surface area contributed by atoms with Crippen LogP contribution in [0.15, 0.2) is 77.7 Å². The maximum absolute atomic E-state index is 13.5. The summed E-state index contributed by atoms with van der Waals surface area (Å²) in [4.78, 5) is 25.7. The molecule has 0 radical (unpaired) electrons. The largest absolute Gasteiger partial charge is 0.350 e. The predicted octanol–water partition coefficient (Wildman–Crippen LogP) is 4.28. The second-order valence-corrected chi connectivity index (χ2v) is 10.2. The molecule has 0 saturated carbocycles. The van der Waals surface area contributed by atoms with Crippen LogP contribution in [0.25, 0.3) is 0 Å². The Morgan fingerprint density at radius 2 is 1.41 bits per heavy atom. The molecule has 0 aromatic heterocycles. The lowest BCUT2D eigenvalue weighted by Gasteiger charge is -2.24. The van der Waals surface area contributed by atoms with E-state index in [0.29, 0.717) is 16.9 Å². The van der Waals surface area contributed by atoms with Gasteiger partial charge < -0.3 is 10.6 Å². The Kier molecular flexibility index (Phi) is 7.73. The van der Waals surface area contributed by atoms with Gasteiger partial charge in [0.2, 0.25) is 5.91 Å². The topological polar surface area (TPSA) is 95.6 Å². The van der Waals surface area contributed by atoms with E-state index in [0.717, 1.165) is 15.4 Å². The number of hydrogen-bond donors (Lipinski definition) is 2. The fourth-order valence-electron chi connectivity index (χ4n) is 3.31. The number of nitrogens with zero attached hydrogens (tertiary/aromatic N) is 1. The summed E-state index contributed by atoms with van der Waals surface area (Å²) in [5.41, 5.74) is 2.86. The average molecular weight is 480 g/mol. The van der Waals surface area contributed by atoms with Gasteiger partial charge in [-0.15, -0.1) is 0 Å². The minimum Gasteiger partial charge on any atom is -0.350 e. The summed E-state index contributed by atoms with van der Waals surface area (Å²) >= 11 is 0. The molecule has 0 aliphatic heterocycles. The smallest absolute Gasteiger partial charge is 0.264 e. The summed E-state index contributed by atoms with van der Waals surface area (Å²) in [5, 5.41) is 5.50. The minimum atomic E-state index is -4.02. The zero-order chi connectivity index (χ0) is 24.9. The van der Waals surface area contributed by atoms with Gasteiger partial charge in [0.05, 0.1) is 21.8 Å². The fraction of sp³-hybridized carbons (Fsp3) is 0.231. The molecule has 0 fully saturated rings. The Morgan fingerprint density at radius 3 is 2.00 bits per heavy atom. The van der Waals surface area contributed by atoms with Crippen molar-refractivity contribution in [2.45, 2.75) is 38.6 Å². The van der Waals surface area contributed by atoms with Crippen molar-refractivity contribution in [1.82, 2.24) is 5.32 Å². The van der Waals surface area contributed by atoms with Gasteiger partial charge in [-0.3, -0.25) is 13.9 Å². The molecule has 3 aromatic rings. The van der Waals surface area contributed by atoms with E-state index in [1.807, 2.05) is 27.7 Å². The molecule has 0 bridgehead atoms. The second kappa shape index (κ2) is 10.5. The molecule has 3 aromatic carbocycles. The van der Waals surface area contributed by atoms with Crippen LogP contribution in [-0.4, -0.2) is 32.8 Å². The highest BCUT2D eigenvalue weighted by atomic mass is 32.2. The van der Waals surface area contributed by atoms with Gasteiger partial charge in [0.15, 0.2) is 0 Å². The molecule has 0 aliphatic carbocycles. The molecule has 0 atom stereocenters. The van der Waals surface area contributed by atoms with Crippen molar-refractivity contribution in [3.05, 3.63) is 89.5 Å². The highest BCUT2D eigenvalue weighted by molar-refractivity contribution is 7.92. The molecule has 0 heterocycles. The first-order chi connectivity index (χ1) is 16.1. The number of aryl methyl sites for hydroxylation is 2. The quantitative estimate of drug-likeness (QED) is 0.504. The number of hydrogen-bond acceptors (Lipinski definition) is 4. The van der Waals surface area contributed by atoms with Gasteiger partial charge in [-0.05, 0) is 64.1 Å². The zero-order valence-corrected chi connectivity index (χ0v) is 20.5. The van der Waals surface area contributed by atoms with E-state index in [9.17, 15) is 18.0 Å². The van der Waals surface area contributed by atoms with Crippen molar-refractivity contribution >= 4 is 33.2 Å². The minimum absolute atomic E-state index is 0.0760. The van der Waals surface area contributed by atoms with Gasteiger partial charge in [0.25, 0.3) is 15.9 Å². The van der Waals surface area contributed by atoms with E-state index >= 15 is 0 Å². The maximum atomic E-state index is 13.5. The van der Waals surface area contributed by atoms with Gasteiger partial charge >= 0.3 is 0 Å². The Morgan fingerprint density at radius 1 is 0.853 bits per heavy atom. The lowest BCUT2D eigenvalue weighted by Crippen LogP contribution is -2.38. The highest BCUT2D eigenvalue weighted by Crippen LogP contribution is 2.25. The van der Waals surface area contributed by atoms with E-state index in [1.54, 1.807) is 60.7 Å². The zero-order valence-electron chi connectivity index (χ0n) is 19.7. The summed E-state index contributed by atoms with van der Waals surface area (Å²) in [6.07, 6.45) is 0. The molecule has 0 aliphatic rings. The average Bonchev–Trinajstić information content (AvgIpc) is 2.78. The van der Waals surface area contributed by atoms with E-state index < -0.39 is 22.5 Å². The Balaban J connectivity index is 1.92. The van der Waals surface area contributed by atoms with Crippen LogP contribution in [0.5, 0.6) is 0 Å². The lowest BCUT2D eigenvalue weighted by atomic mass is 10.1. The predicted molar refractivity (Wildman–Crippen MR) is 135 cm³/mol. The summed E-state index contributed by atoms with van der Waals surface area (Å²) in [6, 6.07) is 19.9. The first-order valence-corrected chi connectivity index (χ1v) is 12.4. The fourth-order valence-corrected chi connectivity index (χ4v) is 4.73. The van der Waals surface area contributed by atoms with Crippen LogP contribution in [0.1, 0.15) is 35.3 Å². The van der Waals surface area contributed by atoms with E-state index in [1.165, 1.54) is 12.1 Å². The number of anilines is 2. The number of carbonyl (C=O) groups excluding carboxylic acids is 2. The number of amides is 2. The highest BCUT2D eigenvalue weighted by Gasteiger charge is 2.27. The molecule has 7 nitrogen and oxygen atoms in total. The SMILES string of the molecule is Cc1ccc(N(CC(=O)Nc2ccccc2C(=O)NC(C)C)S(=O)(=O)c2ccc(C)cc2)cc1.